The van der Waals surface area contributed by atoms with Crippen molar-refractivity contribution in [1.29, 1.82) is 0 Å². The van der Waals surface area contributed by atoms with Crippen molar-refractivity contribution in [3.63, 3.8) is 0 Å². The minimum absolute atomic E-state index is 0.227. The minimum Gasteiger partial charge on any atom is -0.490 e. The second kappa shape index (κ2) is 12.9. The lowest BCUT2D eigenvalue weighted by atomic mass is 9.94. The van der Waals surface area contributed by atoms with Crippen molar-refractivity contribution in [1.82, 2.24) is 14.8 Å². The topological polar surface area (TPSA) is 90.3 Å². The third-order valence-electron chi connectivity index (χ3n) is 6.91. The quantitative estimate of drug-likeness (QED) is 0.181. The van der Waals surface area contributed by atoms with E-state index in [2.05, 4.69) is 10.6 Å². The first-order valence-corrected chi connectivity index (χ1v) is 15.2. The van der Waals surface area contributed by atoms with Crippen LogP contribution in [0.4, 0.5) is 11.6 Å². The van der Waals surface area contributed by atoms with Gasteiger partial charge < -0.3 is 20.1 Å². The predicted octanol–water partition coefficient (Wildman–Crippen LogP) is 7.57. The van der Waals surface area contributed by atoms with E-state index in [0.29, 0.717) is 57.9 Å². The summed E-state index contributed by atoms with van der Waals surface area (Å²) in [5.41, 5.74) is 5.91. The molecule has 0 aliphatic carbocycles. The van der Waals surface area contributed by atoms with Gasteiger partial charge >= 0.3 is 0 Å². The van der Waals surface area contributed by atoms with Gasteiger partial charge in [-0.3, -0.25) is 4.79 Å². The molecule has 0 spiro atoms. The van der Waals surface area contributed by atoms with Crippen molar-refractivity contribution in [2.75, 3.05) is 23.8 Å². The first-order valence-electron chi connectivity index (χ1n) is 13.9. The van der Waals surface area contributed by atoms with Gasteiger partial charge in [-0.05, 0) is 75.6 Å². The maximum absolute atomic E-state index is 14.0. The molecule has 0 saturated heterocycles. The summed E-state index contributed by atoms with van der Waals surface area (Å²) in [6.07, 6.45) is 0. The number of fused-ring (bicyclic) bond motifs is 1. The smallest absolute Gasteiger partial charge is 0.255 e. The number of nitrogens with one attached hydrogen (secondary N) is 2. The van der Waals surface area contributed by atoms with E-state index in [-0.39, 0.29) is 5.91 Å². The van der Waals surface area contributed by atoms with Crippen LogP contribution in [0.5, 0.6) is 11.5 Å². The fourth-order valence-corrected chi connectivity index (χ4v) is 6.05. The number of rotatable bonds is 10. The highest BCUT2D eigenvalue weighted by molar-refractivity contribution is 7.98. The van der Waals surface area contributed by atoms with Crippen LogP contribution in [0.25, 0.3) is 0 Å². The van der Waals surface area contributed by atoms with Crippen LogP contribution in [0.2, 0.25) is 5.02 Å². The van der Waals surface area contributed by atoms with E-state index in [9.17, 15) is 4.79 Å². The summed E-state index contributed by atoms with van der Waals surface area (Å²) in [6.45, 7) is 10.7. The second-order valence-electron chi connectivity index (χ2n) is 9.95. The van der Waals surface area contributed by atoms with Crippen molar-refractivity contribution in [2.24, 2.45) is 0 Å². The average molecular weight is 604 g/mol. The van der Waals surface area contributed by atoms with Gasteiger partial charge in [0, 0.05) is 22.2 Å². The van der Waals surface area contributed by atoms with Crippen LogP contribution in [-0.2, 0) is 10.5 Å². The van der Waals surface area contributed by atoms with Crippen LogP contribution in [0.15, 0.2) is 77.1 Å². The Morgan fingerprint density at radius 1 is 1.02 bits per heavy atom. The van der Waals surface area contributed by atoms with E-state index in [1.54, 1.807) is 4.68 Å². The average Bonchev–Trinajstić information content (AvgIpc) is 3.37. The molecule has 0 radical (unpaired) electrons. The van der Waals surface area contributed by atoms with Gasteiger partial charge in [0.1, 0.15) is 6.04 Å². The van der Waals surface area contributed by atoms with Crippen LogP contribution >= 0.6 is 23.4 Å². The molecule has 5 rings (SSSR count). The van der Waals surface area contributed by atoms with E-state index >= 15 is 0 Å². The number of anilines is 2. The Labute approximate surface area is 255 Å². The normalized spacial score (nSPS) is 14.3. The first kappa shape index (κ1) is 29.5. The molecule has 0 fully saturated rings. The maximum atomic E-state index is 14.0. The Bertz CT molecular complexity index is 1650. The van der Waals surface area contributed by atoms with E-state index in [1.807, 2.05) is 95.3 Å². The van der Waals surface area contributed by atoms with Gasteiger partial charge in [0.25, 0.3) is 5.91 Å². The highest BCUT2D eigenvalue weighted by Crippen LogP contribution is 2.40. The van der Waals surface area contributed by atoms with E-state index in [0.717, 1.165) is 27.9 Å². The Morgan fingerprint density at radius 2 is 1.79 bits per heavy atom. The number of carbonyl (C=O) groups is 1. The van der Waals surface area contributed by atoms with Crippen LogP contribution in [0, 0.1) is 13.8 Å². The Kier molecular flexibility index (Phi) is 9.09. The summed E-state index contributed by atoms with van der Waals surface area (Å²) in [5.74, 6) is 2.19. The zero-order valence-electron chi connectivity index (χ0n) is 24.3. The highest BCUT2D eigenvalue weighted by atomic mass is 35.5. The molecular weight excluding hydrogens is 570 g/mol. The largest absolute Gasteiger partial charge is 0.490 e. The number of allylic oxidation sites excluding steroid dienone is 1. The Balaban J connectivity index is 1.55. The number of halogens is 1. The lowest BCUT2D eigenvalue weighted by Gasteiger charge is -2.29. The molecule has 1 amide bonds. The van der Waals surface area contributed by atoms with Crippen molar-refractivity contribution < 1.29 is 14.3 Å². The van der Waals surface area contributed by atoms with Crippen LogP contribution in [0.1, 0.15) is 49.1 Å². The molecular formula is C32H34ClN5O3S. The number of aromatic nitrogens is 3. The molecule has 8 nitrogen and oxygen atoms in total. The molecule has 0 saturated carbocycles. The van der Waals surface area contributed by atoms with Crippen LogP contribution in [0.3, 0.4) is 0 Å². The summed E-state index contributed by atoms with van der Waals surface area (Å²) in [7, 11) is 0. The van der Waals surface area contributed by atoms with Gasteiger partial charge in [0.2, 0.25) is 11.1 Å². The van der Waals surface area contributed by atoms with Crippen LogP contribution < -0.4 is 20.1 Å². The number of nitrogens with zero attached hydrogens (tertiary/aromatic N) is 3. The van der Waals surface area contributed by atoms with E-state index in [4.69, 9.17) is 31.2 Å². The predicted molar refractivity (Wildman–Crippen MR) is 169 cm³/mol. The number of thioether (sulfide) groups is 1. The Morgan fingerprint density at radius 3 is 2.52 bits per heavy atom. The molecule has 3 aromatic carbocycles. The Hall–Kier alpha value is -3.95. The standard InChI is InChI=1S/C32H34ClN5O3S/c1-6-40-26-15-13-22(17-27(26)41-7-2)29-28(30(39)35-25-14-12-19(3)16-20(25)4)21(5)34-31-36-32(37-38(29)31)42-18-23-10-8-9-11-24(23)33/h8-17,29H,6-7,18H2,1-5H3,(H,35,39)(H,34,36,37). The first-order chi connectivity index (χ1) is 20.3. The number of hydrogen-bond donors (Lipinski definition) is 2. The minimum atomic E-state index is -0.566. The van der Waals surface area contributed by atoms with Gasteiger partial charge in [-0.15, -0.1) is 5.10 Å². The van der Waals surface area contributed by atoms with Crippen molar-refractivity contribution in [2.45, 2.75) is 51.6 Å². The van der Waals surface area contributed by atoms with Gasteiger partial charge in [0.15, 0.2) is 11.5 Å². The summed E-state index contributed by atoms with van der Waals surface area (Å²) in [5, 5.41) is 12.6. The zero-order valence-corrected chi connectivity index (χ0v) is 25.9. The molecule has 2 N–H and O–H groups in total. The number of benzene rings is 3. The molecule has 1 aliphatic rings. The van der Waals surface area contributed by atoms with Crippen molar-refractivity contribution in [3.8, 4) is 11.5 Å². The van der Waals surface area contributed by atoms with E-state index < -0.39 is 6.04 Å². The van der Waals surface area contributed by atoms with Gasteiger partial charge in [-0.2, -0.15) is 4.98 Å². The third kappa shape index (κ3) is 6.27. The lowest BCUT2D eigenvalue weighted by Crippen LogP contribution is -2.31. The summed E-state index contributed by atoms with van der Waals surface area (Å²) >= 11 is 7.87. The molecule has 1 aromatic heterocycles. The van der Waals surface area contributed by atoms with Crippen LogP contribution in [-0.4, -0.2) is 33.9 Å². The molecule has 1 atom stereocenters. The molecule has 0 bridgehead atoms. The number of ether oxygens (including phenoxy) is 2. The van der Waals surface area contributed by atoms with Gasteiger partial charge in [-0.1, -0.05) is 65.3 Å². The fraction of sp³-hybridized carbons (Fsp3) is 0.281. The summed E-state index contributed by atoms with van der Waals surface area (Å²) in [6, 6.07) is 18.9. The zero-order chi connectivity index (χ0) is 29.8. The number of aryl methyl sites for hydroxylation is 2. The molecule has 2 heterocycles. The maximum Gasteiger partial charge on any atom is 0.255 e. The number of hydrogen-bond acceptors (Lipinski definition) is 7. The van der Waals surface area contributed by atoms with Gasteiger partial charge in [0.05, 0.1) is 18.8 Å². The molecule has 10 heteroatoms. The monoisotopic (exact) mass is 603 g/mol. The lowest BCUT2D eigenvalue weighted by molar-refractivity contribution is -0.113. The number of amides is 1. The molecule has 1 unspecified atom stereocenters. The molecule has 42 heavy (non-hydrogen) atoms. The fourth-order valence-electron chi connectivity index (χ4n) is 4.93. The van der Waals surface area contributed by atoms with E-state index in [1.165, 1.54) is 11.8 Å². The third-order valence-corrected chi connectivity index (χ3v) is 8.16. The van der Waals surface area contributed by atoms with Crippen molar-refractivity contribution >= 4 is 40.9 Å². The highest BCUT2D eigenvalue weighted by Gasteiger charge is 2.35. The summed E-state index contributed by atoms with van der Waals surface area (Å²) < 4.78 is 13.5. The molecule has 218 valence electrons. The van der Waals surface area contributed by atoms with Crippen molar-refractivity contribution in [3.05, 3.63) is 99.2 Å². The van der Waals surface area contributed by atoms with Gasteiger partial charge in [-0.25, -0.2) is 4.68 Å². The number of carbonyl (C=O) groups excluding carboxylic acids is 1. The summed E-state index contributed by atoms with van der Waals surface area (Å²) in [4.78, 5) is 18.8. The second-order valence-corrected chi connectivity index (χ2v) is 11.3. The SMILES string of the molecule is CCOc1ccc(C2C(C(=O)Nc3ccc(C)cc3C)=C(C)Nc3nc(SCc4ccccc4Cl)nn32)cc1OCC. The molecule has 4 aromatic rings. The molecule has 1 aliphatic heterocycles.